The predicted octanol–water partition coefficient (Wildman–Crippen LogP) is 3.26. The fraction of sp³-hybridized carbons (Fsp3) is 0.625. The second-order valence-electron chi connectivity index (χ2n) is 6.30. The minimum atomic E-state index is 0.356. The molecule has 0 radical (unpaired) electrons. The summed E-state index contributed by atoms with van der Waals surface area (Å²) in [6.07, 6.45) is 5.92. The van der Waals surface area contributed by atoms with E-state index in [0.717, 1.165) is 24.3 Å². The van der Waals surface area contributed by atoms with E-state index in [1.165, 1.54) is 37.8 Å². The minimum Gasteiger partial charge on any atom is -0.508 e. The molecule has 0 aromatic heterocycles. The van der Waals surface area contributed by atoms with E-state index in [1.54, 1.807) is 12.1 Å². The molecular formula is C16H23NO. The van der Waals surface area contributed by atoms with Crippen molar-refractivity contribution in [3.05, 3.63) is 29.8 Å². The first-order chi connectivity index (χ1) is 8.70. The fourth-order valence-corrected chi connectivity index (χ4v) is 3.98. The topological polar surface area (TPSA) is 23.5 Å². The third kappa shape index (κ3) is 2.54. The molecule has 2 fully saturated rings. The van der Waals surface area contributed by atoms with Crippen LogP contribution in [0.1, 0.15) is 31.2 Å². The number of phenols is 1. The summed E-state index contributed by atoms with van der Waals surface area (Å²) < 4.78 is 0. The molecule has 2 aliphatic carbocycles. The predicted molar refractivity (Wildman–Crippen MR) is 73.4 cm³/mol. The van der Waals surface area contributed by atoms with Crippen molar-refractivity contribution in [2.75, 3.05) is 13.6 Å². The standard InChI is InChI=1S/C16H23NO/c1-17(10-12-3-6-16(18)7-4-12)11-15-9-13-2-5-14(15)8-13/h3-4,6-7,13-15,18H,2,5,8-11H2,1H3. The van der Waals surface area contributed by atoms with Crippen molar-refractivity contribution in [1.82, 2.24) is 4.90 Å². The zero-order chi connectivity index (χ0) is 12.5. The molecule has 3 unspecified atom stereocenters. The van der Waals surface area contributed by atoms with Crippen LogP contribution in [0.15, 0.2) is 24.3 Å². The number of aromatic hydroxyl groups is 1. The van der Waals surface area contributed by atoms with Crippen LogP contribution in [0.5, 0.6) is 5.75 Å². The summed E-state index contributed by atoms with van der Waals surface area (Å²) in [5.74, 6) is 3.35. The molecule has 3 rings (SSSR count). The lowest BCUT2D eigenvalue weighted by Crippen LogP contribution is -2.28. The Morgan fingerprint density at radius 1 is 1.17 bits per heavy atom. The van der Waals surface area contributed by atoms with Gasteiger partial charge in [-0.1, -0.05) is 18.6 Å². The van der Waals surface area contributed by atoms with Crippen LogP contribution in [0.2, 0.25) is 0 Å². The van der Waals surface area contributed by atoms with Crippen molar-refractivity contribution in [3.8, 4) is 5.75 Å². The maximum atomic E-state index is 9.28. The Labute approximate surface area is 110 Å². The normalized spacial score (nSPS) is 30.2. The van der Waals surface area contributed by atoms with Crippen LogP contribution >= 0.6 is 0 Å². The highest BCUT2D eigenvalue weighted by molar-refractivity contribution is 5.25. The van der Waals surface area contributed by atoms with Crippen molar-refractivity contribution in [2.45, 2.75) is 32.2 Å². The second-order valence-corrected chi connectivity index (χ2v) is 6.30. The van der Waals surface area contributed by atoms with Crippen LogP contribution in [0.3, 0.4) is 0 Å². The molecule has 0 spiro atoms. The molecule has 2 aliphatic rings. The number of benzene rings is 1. The summed E-state index contributed by atoms with van der Waals surface area (Å²) in [6, 6.07) is 7.60. The van der Waals surface area contributed by atoms with Gasteiger partial charge in [0.15, 0.2) is 0 Å². The van der Waals surface area contributed by atoms with E-state index in [0.29, 0.717) is 5.75 Å². The third-order valence-corrected chi connectivity index (χ3v) is 4.82. The molecule has 0 saturated heterocycles. The Bertz CT molecular complexity index is 400. The maximum Gasteiger partial charge on any atom is 0.115 e. The molecule has 1 N–H and O–H groups in total. The summed E-state index contributed by atoms with van der Waals surface area (Å²) in [7, 11) is 2.22. The minimum absolute atomic E-state index is 0.356. The average Bonchev–Trinajstić information content (AvgIpc) is 2.94. The van der Waals surface area contributed by atoms with E-state index in [1.807, 2.05) is 12.1 Å². The molecule has 2 bridgehead atoms. The molecule has 0 amide bonds. The smallest absolute Gasteiger partial charge is 0.115 e. The van der Waals surface area contributed by atoms with E-state index in [9.17, 15) is 5.11 Å². The zero-order valence-corrected chi connectivity index (χ0v) is 11.2. The Morgan fingerprint density at radius 3 is 2.56 bits per heavy atom. The summed E-state index contributed by atoms with van der Waals surface area (Å²) in [5.41, 5.74) is 1.29. The van der Waals surface area contributed by atoms with E-state index in [-0.39, 0.29) is 0 Å². The summed E-state index contributed by atoms with van der Waals surface area (Å²) in [4.78, 5) is 2.44. The highest BCUT2D eigenvalue weighted by Crippen LogP contribution is 2.48. The van der Waals surface area contributed by atoms with Gasteiger partial charge in [0.05, 0.1) is 0 Å². The average molecular weight is 245 g/mol. The van der Waals surface area contributed by atoms with Gasteiger partial charge in [-0.05, 0) is 61.8 Å². The van der Waals surface area contributed by atoms with E-state index < -0.39 is 0 Å². The summed E-state index contributed by atoms with van der Waals surface area (Å²) in [5, 5.41) is 9.28. The quantitative estimate of drug-likeness (QED) is 0.880. The molecule has 0 aliphatic heterocycles. The van der Waals surface area contributed by atoms with Crippen LogP contribution in [-0.2, 0) is 6.54 Å². The van der Waals surface area contributed by atoms with Crippen molar-refractivity contribution < 1.29 is 5.11 Å². The lowest BCUT2D eigenvalue weighted by atomic mass is 9.88. The van der Waals surface area contributed by atoms with Gasteiger partial charge in [0.25, 0.3) is 0 Å². The molecule has 1 aromatic rings. The van der Waals surface area contributed by atoms with Gasteiger partial charge in [-0.25, -0.2) is 0 Å². The number of hydrogen-bond acceptors (Lipinski definition) is 2. The number of rotatable bonds is 4. The Balaban J connectivity index is 1.52. The molecule has 2 heteroatoms. The lowest BCUT2D eigenvalue weighted by molar-refractivity contribution is 0.214. The Morgan fingerprint density at radius 2 is 1.94 bits per heavy atom. The van der Waals surface area contributed by atoms with Gasteiger partial charge < -0.3 is 10.0 Å². The first kappa shape index (κ1) is 12.0. The SMILES string of the molecule is CN(Cc1ccc(O)cc1)CC1CC2CCC1C2. The van der Waals surface area contributed by atoms with Crippen LogP contribution in [-0.4, -0.2) is 23.6 Å². The van der Waals surface area contributed by atoms with Crippen LogP contribution in [0.4, 0.5) is 0 Å². The largest absolute Gasteiger partial charge is 0.508 e. The molecule has 1 aromatic carbocycles. The van der Waals surface area contributed by atoms with Gasteiger partial charge >= 0.3 is 0 Å². The maximum absolute atomic E-state index is 9.28. The molecule has 2 nitrogen and oxygen atoms in total. The number of nitrogens with zero attached hydrogens (tertiary/aromatic N) is 1. The number of fused-ring (bicyclic) bond motifs is 2. The zero-order valence-electron chi connectivity index (χ0n) is 11.2. The van der Waals surface area contributed by atoms with Crippen LogP contribution in [0.25, 0.3) is 0 Å². The first-order valence-electron chi connectivity index (χ1n) is 7.17. The monoisotopic (exact) mass is 245 g/mol. The number of hydrogen-bond donors (Lipinski definition) is 1. The highest BCUT2D eigenvalue weighted by atomic mass is 16.3. The van der Waals surface area contributed by atoms with Gasteiger partial charge in [0, 0.05) is 13.1 Å². The van der Waals surface area contributed by atoms with E-state index >= 15 is 0 Å². The van der Waals surface area contributed by atoms with Gasteiger partial charge in [0.2, 0.25) is 0 Å². The van der Waals surface area contributed by atoms with Crippen LogP contribution in [0, 0.1) is 17.8 Å². The van der Waals surface area contributed by atoms with Crippen molar-refractivity contribution in [2.24, 2.45) is 17.8 Å². The van der Waals surface area contributed by atoms with Gasteiger partial charge in [-0.2, -0.15) is 0 Å². The molecule has 98 valence electrons. The summed E-state index contributed by atoms with van der Waals surface area (Å²) >= 11 is 0. The van der Waals surface area contributed by atoms with E-state index in [4.69, 9.17) is 0 Å². The molecule has 2 saturated carbocycles. The van der Waals surface area contributed by atoms with Gasteiger partial charge in [0.1, 0.15) is 5.75 Å². The Kier molecular flexibility index (Phi) is 3.29. The second kappa shape index (κ2) is 4.93. The molecule has 0 heterocycles. The van der Waals surface area contributed by atoms with Gasteiger partial charge in [-0.3, -0.25) is 0 Å². The van der Waals surface area contributed by atoms with Crippen LogP contribution < -0.4 is 0 Å². The lowest BCUT2D eigenvalue weighted by Gasteiger charge is -2.27. The third-order valence-electron chi connectivity index (χ3n) is 4.82. The molecule has 18 heavy (non-hydrogen) atoms. The molecule has 3 atom stereocenters. The molecular weight excluding hydrogens is 222 g/mol. The van der Waals surface area contributed by atoms with Crippen molar-refractivity contribution >= 4 is 0 Å². The first-order valence-corrected chi connectivity index (χ1v) is 7.17. The number of phenolic OH excluding ortho intramolecular Hbond substituents is 1. The Hall–Kier alpha value is -1.02. The van der Waals surface area contributed by atoms with E-state index in [2.05, 4.69) is 11.9 Å². The van der Waals surface area contributed by atoms with Crippen molar-refractivity contribution in [1.29, 1.82) is 0 Å². The highest BCUT2D eigenvalue weighted by Gasteiger charge is 2.39. The summed E-state index contributed by atoms with van der Waals surface area (Å²) in [6.45, 7) is 2.23. The fourth-order valence-electron chi connectivity index (χ4n) is 3.98. The van der Waals surface area contributed by atoms with Crippen molar-refractivity contribution in [3.63, 3.8) is 0 Å². The van der Waals surface area contributed by atoms with Gasteiger partial charge in [-0.15, -0.1) is 0 Å².